The average molecular weight is 105 g/mol. The van der Waals surface area contributed by atoms with E-state index in [1.165, 1.54) is 12.8 Å². The standard InChI is InChI=1S/C8H9/c1-2-3-4-5-8-6-7-8/h6H,3-5,7H2. The lowest BCUT2D eigenvalue weighted by molar-refractivity contribution is 0.862. The lowest BCUT2D eigenvalue weighted by Gasteiger charge is -1.85. The molecule has 0 saturated heterocycles. The molecule has 0 heteroatoms. The lowest BCUT2D eigenvalue weighted by atomic mass is 10.2. The minimum atomic E-state index is 0.831. The van der Waals surface area contributed by atoms with Crippen LogP contribution >= 0.6 is 0 Å². The van der Waals surface area contributed by atoms with Gasteiger partial charge < -0.3 is 0 Å². The highest BCUT2D eigenvalue weighted by Gasteiger charge is 2.04. The molecular formula is C8H9. The molecular weight excluding hydrogens is 96.1 g/mol. The van der Waals surface area contributed by atoms with Crippen LogP contribution in [0.15, 0.2) is 11.6 Å². The molecule has 0 nitrogen and oxygen atoms in total. The van der Waals surface area contributed by atoms with Crippen molar-refractivity contribution in [3.8, 4) is 5.92 Å². The molecule has 8 heavy (non-hydrogen) atoms. The van der Waals surface area contributed by atoms with Gasteiger partial charge in [0.15, 0.2) is 0 Å². The molecule has 1 rings (SSSR count). The van der Waals surface area contributed by atoms with Crippen LogP contribution in [0.1, 0.15) is 25.7 Å². The summed E-state index contributed by atoms with van der Waals surface area (Å²) in [5.41, 5.74) is 1.57. The van der Waals surface area contributed by atoms with Gasteiger partial charge in [-0.2, -0.15) is 0 Å². The second kappa shape index (κ2) is 2.57. The zero-order chi connectivity index (χ0) is 5.82. The molecule has 0 aromatic heterocycles. The van der Waals surface area contributed by atoms with Crippen LogP contribution in [0.4, 0.5) is 0 Å². The largest absolute Gasteiger partial charge is 0.0891 e. The Labute approximate surface area is 50.6 Å². The maximum Gasteiger partial charge on any atom is 0.0102 e. The summed E-state index contributed by atoms with van der Waals surface area (Å²) in [5, 5.41) is 0. The van der Waals surface area contributed by atoms with Crippen LogP contribution in [0.25, 0.3) is 0 Å². The molecule has 0 N–H and O–H groups in total. The fourth-order valence-electron chi connectivity index (χ4n) is 0.680. The summed E-state index contributed by atoms with van der Waals surface area (Å²) in [5.74, 6) is 2.37. The molecule has 0 fully saturated rings. The van der Waals surface area contributed by atoms with Gasteiger partial charge in [-0.3, -0.25) is 0 Å². The summed E-state index contributed by atoms with van der Waals surface area (Å²) < 4.78 is 0. The van der Waals surface area contributed by atoms with Gasteiger partial charge in [-0.1, -0.05) is 17.6 Å². The first-order chi connectivity index (χ1) is 3.93. The number of unbranched alkanes of at least 4 members (excludes halogenated alkanes) is 1. The van der Waals surface area contributed by atoms with Crippen LogP contribution in [-0.2, 0) is 0 Å². The highest BCUT2D eigenvalue weighted by Crippen LogP contribution is 2.23. The summed E-state index contributed by atoms with van der Waals surface area (Å²) in [6, 6.07) is 0. The first-order valence-corrected chi connectivity index (χ1v) is 3.01. The van der Waals surface area contributed by atoms with Gasteiger partial charge in [0.1, 0.15) is 0 Å². The van der Waals surface area contributed by atoms with Crippen LogP contribution < -0.4 is 0 Å². The average Bonchev–Trinajstić information content (AvgIpc) is 2.51. The first kappa shape index (κ1) is 5.44. The van der Waals surface area contributed by atoms with Crippen LogP contribution in [0.2, 0.25) is 0 Å². The van der Waals surface area contributed by atoms with E-state index in [1.54, 1.807) is 5.57 Å². The summed E-state index contributed by atoms with van der Waals surface area (Å²) in [6.07, 6.45) is 13.2. The molecule has 0 aliphatic heterocycles. The van der Waals surface area contributed by atoms with E-state index < -0.39 is 0 Å². The van der Waals surface area contributed by atoms with Gasteiger partial charge in [0, 0.05) is 6.42 Å². The van der Waals surface area contributed by atoms with Gasteiger partial charge in [0.2, 0.25) is 0 Å². The van der Waals surface area contributed by atoms with Crippen LogP contribution in [0.5, 0.6) is 0 Å². The molecule has 1 aliphatic rings. The van der Waals surface area contributed by atoms with Crippen molar-refractivity contribution in [2.45, 2.75) is 25.7 Å². The third-order valence-electron chi connectivity index (χ3n) is 1.29. The Morgan fingerprint density at radius 1 is 1.75 bits per heavy atom. The summed E-state index contributed by atoms with van der Waals surface area (Å²) >= 11 is 0. The normalized spacial score (nSPS) is 14.6. The molecule has 0 spiro atoms. The zero-order valence-electron chi connectivity index (χ0n) is 4.91. The molecule has 0 aromatic carbocycles. The maximum absolute atomic E-state index is 6.60. The van der Waals surface area contributed by atoms with Gasteiger partial charge in [-0.05, 0) is 25.7 Å². The van der Waals surface area contributed by atoms with E-state index in [0.29, 0.717) is 0 Å². The molecule has 0 unspecified atom stereocenters. The van der Waals surface area contributed by atoms with Crippen molar-refractivity contribution in [2.75, 3.05) is 0 Å². The predicted octanol–water partition coefficient (Wildman–Crippen LogP) is 2.08. The topological polar surface area (TPSA) is 0 Å². The Hall–Kier alpha value is -0.700. The number of allylic oxidation sites excluding steroid dienone is 2. The van der Waals surface area contributed by atoms with Crippen LogP contribution in [0.3, 0.4) is 0 Å². The van der Waals surface area contributed by atoms with E-state index in [9.17, 15) is 0 Å². The Bertz CT molecular complexity index is 135. The second-order valence-electron chi connectivity index (χ2n) is 2.10. The van der Waals surface area contributed by atoms with Gasteiger partial charge in [0.25, 0.3) is 0 Å². The van der Waals surface area contributed by atoms with Crippen molar-refractivity contribution in [2.24, 2.45) is 0 Å². The lowest BCUT2D eigenvalue weighted by Crippen LogP contribution is -1.68. The van der Waals surface area contributed by atoms with Crippen LogP contribution in [0, 0.1) is 12.3 Å². The maximum atomic E-state index is 6.60. The van der Waals surface area contributed by atoms with E-state index >= 15 is 0 Å². The zero-order valence-corrected chi connectivity index (χ0v) is 4.91. The van der Waals surface area contributed by atoms with E-state index in [4.69, 9.17) is 6.42 Å². The van der Waals surface area contributed by atoms with Crippen molar-refractivity contribution in [3.05, 3.63) is 18.1 Å². The molecule has 0 bridgehead atoms. The monoisotopic (exact) mass is 105 g/mol. The second-order valence-corrected chi connectivity index (χ2v) is 2.10. The van der Waals surface area contributed by atoms with Gasteiger partial charge in [-0.25, -0.2) is 0 Å². The molecule has 1 aliphatic carbocycles. The van der Waals surface area contributed by atoms with Crippen molar-refractivity contribution in [1.29, 1.82) is 0 Å². The van der Waals surface area contributed by atoms with E-state index in [2.05, 4.69) is 12.0 Å². The minimum Gasteiger partial charge on any atom is -0.0891 e. The molecule has 1 radical (unpaired) electrons. The van der Waals surface area contributed by atoms with E-state index in [0.717, 1.165) is 12.8 Å². The van der Waals surface area contributed by atoms with Gasteiger partial charge in [0.05, 0.1) is 0 Å². The SMILES string of the molecule is [C]#CCCCC1=CC1. The third kappa shape index (κ3) is 1.84. The summed E-state index contributed by atoms with van der Waals surface area (Å²) in [4.78, 5) is 0. The van der Waals surface area contributed by atoms with E-state index in [-0.39, 0.29) is 0 Å². The van der Waals surface area contributed by atoms with Crippen molar-refractivity contribution in [3.63, 3.8) is 0 Å². The third-order valence-corrected chi connectivity index (χ3v) is 1.29. The van der Waals surface area contributed by atoms with Crippen molar-refractivity contribution < 1.29 is 0 Å². The fourth-order valence-corrected chi connectivity index (χ4v) is 0.680. The smallest absolute Gasteiger partial charge is 0.0102 e. The summed E-state index contributed by atoms with van der Waals surface area (Å²) in [7, 11) is 0. The highest BCUT2D eigenvalue weighted by atomic mass is 14.1. The molecule has 0 saturated carbocycles. The van der Waals surface area contributed by atoms with Gasteiger partial charge >= 0.3 is 0 Å². The number of hydrogen-bond donors (Lipinski definition) is 0. The van der Waals surface area contributed by atoms with Crippen LogP contribution in [-0.4, -0.2) is 0 Å². The van der Waals surface area contributed by atoms with Crippen molar-refractivity contribution in [1.82, 2.24) is 0 Å². The molecule has 0 amide bonds. The number of rotatable bonds is 3. The minimum absolute atomic E-state index is 0.831. The Kier molecular flexibility index (Phi) is 1.75. The molecule has 41 valence electrons. The molecule has 0 aromatic rings. The van der Waals surface area contributed by atoms with Crippen molar-refractivity contribution >= 4 is 0 Å². The molecule has 0 heterocycles. The predicted molar refractivity (Wildman–Crippen MR) is 33.7 cm³/mol. The van der Waals surface area contributed by atoms with Gasteiger partial charge in [-0.15, -0.1) is 0 Å². The highest BCUT2D eigenvalue weighted by molar-refractivity contribution is 5.21. The Morgan fingerprint density at radius 3 is 3.00 bits per heavy atom. The Balaban J connectivity index is 1.90. The van der Waals surface area contributed by atoms with E-state index in [1.807, 2.05) is 0 Å². The number of hydrogen-bond acceptors (Lipinski definition) is 0. The molecule has 0 atom stereocenters. The first-order valence-electron chi connectivity index (χ1n) is 3.01. The quantitative estimate of drug-likeness (QED) is 0.293. The summed E-state index contributed by atoms with van der Waals surface area (Å²) in [6.45, 7) is 0. The fraction of sp³-hybridized carbons (Fsp3) is 0.500. The Morgan fingerprint density at radius 2 is 2.50 bits per heavy atom.